The lowest BCUT2D eigenvalue weighted by atomic mass is 9.82. The van der Waals surface area contributed by atoms with Crippen LogP contribution in [0.3, 0.4) is 0 Å². The fourth-order valence-corrected chi connectivity index (χ4v) is 8.49. The first-order valence-corrected chi connectivity index (χ1v) is 19.9. The predicted octanol–water partition coefficient (Wildman–Crippen LogP) is 7.25. The molecular weight excluding hydrogens is 729 g/mol. The van der Waals surface area contributed by atoms with Gasteiger partial charge in [0.05, 0.1) is 30.2 Å². The maximum atomic E-state index is 14.8. The van der Waals surface area contributed by atoms with Crippen molar-refractivity contribution in [2.45, 2.75) is 57.7 Å². The highest BCUT2D eigenvalue weighted by Crippen LogP contribution is 2.48. The quantitative estimate of drug-likeness (QED) is 0.129. The molecule has 3 aliphatic rings. The molecule has 0 unspecified atom stereocenters. The summed E-state index contributed by atoms with van der Waals surface area (Å²) in [5.41, 5.74) is 5.49. The fraction of sp³-hybridized carbons (Fsp3) is 0.250. The van der Waals surface area contributed by atoms with Crippen LogP contribution in [-0.2, 0) is 50.7 Å². The summed E-state index contributed by atoms with van der Waals surface area (Å²) in [7, 11) is 0. The number of para-hydroxylation sites is 2. The smallest absolute Gasteiger partial charge is 0.264 e. The Morgan fingerprint density at radius 2 is 1.33 bits per heavy atom. The van der Waals surface area contributed by atoms with Crippen molar-refractivity contribution in [3.05, 3.63) is 161 Å². The van der Waals surface area contributed by atoms with Crippen molar-refractivity contribution in [2.24, 2.45) is 5.92 Å². The van der Waals surface area contributed by atoms with Gasteiger partial charge in [-0.25, -0.2) is 0 Å². The molecule has 5 aromatic rings. The van der Waals surface area contributed by atoms with Crippen LogP contribution in [0.15, 0.2) is 133 Å². The normalized spacial score (nSPS) is 18.0. The van der Waals surface area contributed by atoms with E-state index in [2.05, 4.69) is 0 Å². The molecule has 2 atom stereocenters. The van der Waals surface area contributed by atoms with Gasteiger partial charge in [-0.05, 0) is 77.6 Å². The van der Waals surface area contributed by atoms with Gasteiger partial charge in [0.25, 0.3) is 5.91 Å². The first-order chi connectivity index (χ1) is 28.2. The summed E-state index contributed by atoms with van der Waals surface area (Å²) in [5.74, 6) is -1.61. The molecular formula is C48H46N4O6. The maximum absolute atomic E-state index is 14.8. The Morgan fingerprint density at radius 1 is 0.724 bits per heavy atom. The van der Waals surface area contributed by atoms with Crippen molar-refractivity contribution in [2.75, 3.05) is 27.9 Å². The highest BCUT2D eigenvalue weighted by atomic mass is 16.3. The van der Waals surface area contributed by atoms with Crippen molar-refractivity contribution in [3.8, 4) is 0 Å². The zero-order valence-corrected chi connectivity index (χ0v) is 32.5. The van der Waals surface area contributed by atoms with E-state index in [1.54, 1.807) is 50.8 Å². The molecule has 0 saturated heterocycles. The van der Waals surface area contributed by atoms with Crippen LogP contribution in [0, 0.1) is 5.92 Å². The van der Waals surface area contributed by atoms with Crippen LogP contribution in [0.1, 0.15) is 54.0 Å². The Bertz CT molecular complexity index is 2410. The summed E-state index contributed by atoms with van der Waals surface area (Å²) in [6.45, 7) is 2.19. The Kier molecular flexibility index (Phi) is 10.8. The first kappa shape index (κ1) is 38.5. The molecule has 0 radical (unpaired) electrons. The number of fused-ring (bicyclic) bond motifs is 3. The molecule has 2 N–H and O–H groups in total. The number of rotatable bonds is 12. The van der Waals surface area contributed by atoms with Crippen LogP contribution in [0.5, 0.6) is 0 Å². The third-order valence-corrected chi connectivity index (χ3v) is 11.5. The standard InChI is InChI=1S/C48H46N4O6/c1-33(11-9-20-44(54)49(27-28-53)31-34-12-3-2-4-13-34)48(58)40-30-39(52-42-19-8-6-16-37(42)22-26-46(52)56)23-24-43(40)50(47(48)57)32-35-14-10-17-38(29-35)51-41-18-7-5-15-36(41)21-25-45(51)55/h2-19,23-24,29-30,33,53,58H,20-22,25-28,31-32H2,1H3/b11-9+/t33-,48+/m1/s1. The van der Waals surface area contributed by atoms with Crippen molar-refractivity contribution in [3.63, 3.8) is 0 Å². The van der Waals surface area contributed by atoms with Crippen LogP contribution in [0.25, 0.3) is 0 Å². The van der Waals surface area contributed by atoms with Crippen molar-refractivity contribution in [1.82, 2.24) is 4.90 Å². The average Bonchev–Trinajstić information content (AvgIpc) is 3.45. The van der Waals surface area contributed by atoms with Gasteiger partial charge in [0.1, 0.15) is 0 Å². The van der Waals surface area contributed by atoms with E-state index in [1.807, 2.05) is 109 Å². The number of carbonyl (C=O) groups excluding carboxylic acids is 4. The summed E-state index contributed by atoms with van der Waals surface area (Å²) in [6, 6.07) is 38.1. The van der Waals surface area contributed by atoms with Gasteiger partial charge in [-0.1, -0.05) is 97.9 Å². The molecule has 0 spiro atoms. The number of amides is 4. The molecule has 58 heavy (non-hydrogen) atoms. The van der Waals surface area contributed by atoms with Crippen LogP contribution < -0.4 is 14.7 Å². The molecule has 0 saturated carbocycles. The van der Waals surface area contributed by atoms with E-state index in [-0.39, 0.29) is 43.8 Å². The van der Waals surface area contributed by atoms with E-state index in [1.165, 1.54) is 0 Å². The number of aliphatic hydroxyl groups excluding tert-OH is 1. The number of carbonyl (C=O) groups is 4. The Hall–Kier alpha value is -6.36. The van der Waals surface area contributed by atoms with E-state index < -0.39 is 17.4 Å². The number of hydrogen-bond donors (Lipinski definition) is 2. The molecule has 0 aromatic heterocycles. The lowest BCUT2D eigenvalue weighted by molar-refractivity contribution is -0.139. The Balaban J connectivity index is 1.12. The zero-order chi connectivity index (χ0) is 40.4. The third-order valence-electron chi connectivity index (χ3n) is 11.5. The average molecular weight is 775 g/mol. The molecule has 4 amide bonds. The second-order valence-electron chi connectivity index (χ2n) is 15.2. The topological polar surface area (TPSA) is 122 Å². The monoisotopic (exact) mass is 774 g/mol. The van der Waals surface area contributed by atoms with E-state index in [0.29, 0.717) is 54.9 Å². The minimum Gasteiger partial charge on any atom is -0.395 e. The van der Waals surface area contributed by atoms with Crippen molar-refractivity contribution in [1.29, 1.82) is 0 Å². The van der Waals surface area contributed by atoms with Crippen LogP contribution in [-0.4, -0.2) is 51.9 Å². The van der Waals surface area contributed by atoms with Gasteiger partial charge in [-0.3, -0.25) is 29.0 Å². The van der Waals surface area contributed by atoms with Crippen molar-refractivity contribution < 1.29 is 29.4 Å². The third kappa shape index (κ3) is 7.21. The first-order valence-electron chi connectivity index (χ1n) is 19.9. The summed E-state index contributed by atoms with van der Waals surface area (Å²) in [6.07, 6.45) is 5.38. The predicted molar refractivity (Wildman–Crippen MR) is 224 cm³/mol. The van der Waals surface area contributed by atoms with Gasteiger partial charge < -0.3 is 20.0 Å². The van der Waals surface area contributed by atoms with E-state index >= 15 is 0 Å². The second kappa shape index (κ2) is 16.2. The molecule has 10 heteroatoms. The van der Waals surface area contributed by atoms with E-state index in [0.717, 1.165) is 33.6 Å². The van der Waals surface area contributed by atoms with Gasteiger partial charge in [0, 0.05) is 55.2 Å². The lowest BCUT2D eigenvalue weighted by Crippen LogP contribution is -2.44. The number of benzene rings is 5. The molecule has 0 aliphatic carbocycles. The molecule has 10 nitrogen and oxygen atoms in total. The van der Waals surface area contributed by atoms with E-state index in [4.69, 9.17) is 0 Å². The number of anilines is 5. The summed E-state index contributed by atoms with van der Waals surface area (Å²) in [4.78, 5) is 61.5. The summed E-state index contributed by atoms with van der Waals surface area (Å²) < 4.78 is 0. The van der Waals surface area contributed by atoms with Gasteiger partial charge >= 0.3 is 0 Å². The van der Waals surface area contributed by atoms with Crippen molar-refractivity contribution >= 4 is 52.1 Å². The van der Waals surface area contributed by atoms with Gasteiger partial charge in [-0.15, -0.1) is 0 Å². The van der Waals surface area contributed by atoms with Crippen LogP contribution in [0.2, 0.25) is 0 Å². The van der Waals surface area contributed by atoms with Gasteiger partial charge in [0.15, 0.2) is 5.60 Å². The number of nitrogens with zero attached hydrogens (tertiary/aromatic N) is 4. The lowest BCUT2D eigenvalue weighted by Gasteiger charge is -2.31. The molecule has 8 rings (SSSR count). The number of hydrogen-bond acceptors (Lipinski definition) is 6. The number of aliphatic hydroxyl groups is 2. The maximum Gasteiger partial charge on any atom is 0.264 e. The highest BCUT2D eigenvalue weighted by molar-refractivity contribution is 6.09. The summed E-state index contributed by atoms with van der Waals surface area (Å²) in [5, 5.41) is 22.4. The zero-order valence-electron chi connectivity index (χ0n) is 32.5. The fourth-order valence-electron chi connectivity index (χ4n) is 8.49. The minimum absolute atomic E-state index is 0.00224. The van der Waals surface area contributed by atoms with Gasteiger partial charge in [0.2, 0.25) is 17.7 Å². The molecule has 3 aliphatic heterocycles. The molecule has 0 bridgehead atoms. The SMILES string of the molecule is C[C@H](/C=C/CC(=O)N(CCO)Cc1ccccc1)[C@@]1(O)C(=O)N(Cc2cccc(N3C(=O)CCc4ccccc43)c2)c2ccc(N3C(=O)CCc4ccccc43)cc21. The van der Waals surface area contributed by atoms with Crippen LogP contribution >= 0.6 is 0 Å². The van der Waals surface area contributed by atoms with E-state index in [9.17, 15) is 29.4 Å². The number of aryl methyl sites for hydroxylation is 2. The second-order valence-corrected chi connectivity index (χ2v) is 15.2. The Labute approximate surface area is 338 Å². The molecule has 294 valence electrons. The summed E-state index contributed by atoms with van der Waals surface area (Å²) >= 11 is 0. The largest absolute Gasteiger partial charge is 0.395 e. The highest BCUT2D eigenvalue weighted by Gasteiger charge is 2.53. The van der Waals surface area contributed by atoms with Crippen LogP contribution in [0.4, 0.5) is 28.4 Å². The molecule has 3 heterocycles. The van der Waals surface area contributed by atoms with Gasteiger partial charge in [-0.2, -0.15) is 0 Å². The Morgan fingerprint density at radius 3 is 1.98 bits per heavy atom. The minimum atomic E-state index is -2.04. The molecule has 5 aromatic carbocycles. The molecule has 0 fully saturated rings.